The highest BCUT2D eigenvalue weighted by molar-refractivity contribution is 6.23. The van der Waals surface area contributed by atoms with Crippen molar-refractivity contribution in [1.29, 1.82) is 0 Å². The number of fused-ring (bicyclic) bond motifs is 4. The summed E-state index contributed by atoms with van der Waals surface area (Å²) in [6.07, 6.45) is 3.72. The van der Waals surface area contributed by atoms with Crippen LogP contribution in [0.3, 0.4) is 0 Å². The van der Waals surface area contributed by atoms with Gasteiger partial charge in [0, 0.05) is 23.5 Å². The smallest absolute Gasteiger partial charge is 0.0702 e. The van der Waals surface area contributed by atoms with E-state index in [1.165, 1.54) is 54.2 Å². The van der Waals surface area contributed by atoms with Gasteiger partial charge in [-0.25, -0.2) is 0 Å². The summed E-state index contributed by atoms with van der Waals surface area (Å²) in [7, 11) is 0. The van der Waals surface area contributed by atoms with Crippen LogP contribution in [0.4, 0.5) is 0 Å². The summed E-state index contributed by atoms with van der Waals surface area (Å²) in [5, 5.41) is 9.84. The molecular formula is C38H24N2. The van der Waals surface area contributed by atoms with Crippen molar-refractivity contribution in [1.82, 2.24) is 9.97 Å². The molecule has 0 aliphatic rings. The maximum Gasteiger partial charge on any atom is 0.0702 e. The summed E-state index contributed by atoms with van der Waals surface area (Å²) < 4.78 is 0. The minimum atomic E-state index is 0.976. The van der Waals surface area contributed by atoms with E-state index in [9.17, 15) is 0 Å². The molecule has 0 N–H and O–H groups in total. The number of hydrogen-bond acceptors (Lipinski definition) is 2. The predicted octanol–water partition coefficient (Wildman–Crippen LogP) is 10.1. The van der Waals surface area contributed by atoms with Crippen LogP contribution < -0.4 is 0 Å². The first kappa shape index (κ1) is 22.6. The normalized spacial score (nSPS) is 11.5. The number of aromatic nitrogens is 2. The molecule has 0 aliphatic carbocycles. The predicted molar refractivity (Wildman–Crippen MR) is 168 cm³/mol. The van der Waals surface area contributed by atoms with Gasteiger partial charge in [-0.2, -0.15) is 0 Å². The summed E-state index contributed by atoms with van der Waals surface area (Å²) >= 11 is 0. The van der Waals surface area contributed by atoms with Gasteiger partial charge in [0.05, 0.1) is 11.4 Å². The van der Waals surface area contributed by atoms with Crippen molar-refractivity contribution in [2.75, 3.05) is 0 Å². The fourth-order valence-electron chi connectivity index (χ4n) is 6.05. The third-order valence-corrected chi connectivity index (χ3v) is 7.90. The minimum Gasteiger partial charge on any atom is -0.256 e. The van der Waals surface area contributed by atoms with Crippen molar-refractivity contribution in [2.45, 2.75) is 0 Å². The van der Waals surface area contributed by atoms with Crippen LogP contribution >= 0.6 is 0 Å². The Labute approximate surface area is 232 Å². The molecule has 0 aliphatic heterocycles. The molecule has 6 aromatic carbocycles. The molecule has 0 fully saturated rings. The fourth-order valence-corrected chi connectivity index (χ4v) is 6.05. The van der Waals surface area contributed by atoms with Crippen LogP contribution in [0, 0.1) is 0 Å². The molecule has 0 spiro atoms. The number of pyridine rings is 2. The van der Waals surface area contributed by atoms with E-state index in [2.05, 4.69) is 119 Å². The average molecular weight is 509 g/mol. The summed E-state index contributed by atoms with van der Waals surface area (Å²) in [5.41, 5.74) is 6.69. The molecule has 0 atom stereocenters. The Balaban J connectivity index is 1.56. The lowest BCUT2D eigenvalue weighted by atomic mass is 9.85. The molecule has 40 heavy (non-hydrogen) atoms. The van der Waals surface area contributed by atoms with E-state index in [0.29, 0.717) is 0 Å². The topological polar surface area (TPSA) is 25.8 Å². The van der Waals surface area contributed by atoms with E-state index < -0.39 is 0 Å². The largest absolute Gasteiger partial charge is 0.256 e. The van der Waals surface area contributed by atoms with E-state index in [1.807, 2.05) is 36.7 Å². The number of rotatable bonds is 3. The summed E-state index contributed by atoms with van der Waals surface area (Å²) in [5.74, 6) is 0. The van der Waals surface area contributed by atoms with Crippen LogP contribution in [0.5, 0.6) is 0 Å². The van der Waals surface area contributed by atoms with Gasteiger partial charge in [-0.05, 0) is 103 Å². The summed E-state index contributed by atoms with van der Waals surface area (Å²) in [6.45, 7) is 0. The van der Waals surface area contributed by atoms with Crippen LogP contribution in [-0.4, -0.2) is 9.97 Å². The maximum atomic E-state index is 4.66. The van der Waals surface area contributed by atoms with Crippen LogP contribution in [-0.2, 0) is 0 Å². The molecule has 8 aromatic rings. The highest BCUT2D eigenvalue weighted by atomic mass is 14.7. The number of benzene rings is 6. The lowest BCUT2D eigenvalue weighted by molar-refractivity contribution is 1.33. The fraction of sp³-hybridized carbons (Fsp3) is 0. The zero-order valence-electron chi connectivity index (χ0n) is 21.8. The maximum absolute atomic E-state index is 4.66. The Morgan fingerprint density at radius 1 is 0.325 bits per heavy atom. The quantitative estimate of drug-likeness (QED) is 0.222. The molecule has 0 bridgehead atoms. The first-order valence-corrected chi connectivity index (χ1v) is 13.6. The van der Waals surface area contributed by atoms with Crippen molar-refractivity contribution in [3.63, 3.8) is 0 Å². The van der Waals surface area contributed by atoms with E-state index in [4.69, 9.17) is 0 Å². The highest BCUT2D eigenvalue weighted by Gasteiger charge is 2.18. The van der Waals surface area contributed by atoms with Gasteiger partial charge in [-0.15, -0.1) is 0 Å². The molecule has 8 rings (SSSR count). The van der Waals surface area contributed by atoms with Gasteiger partial charge in [0.1, 0.15) is 0 Å². The second kappa shape index (κ2) is 9.14. The van der Waals surface area contributed by atoms with E-state index in [1.54, 1.807) is 0 Å². The Bertz CT molecular complexity index is 2040. The van der Waals surface area contributed by atoms with Crippen molar-refractivity contribution in [2.24, 2.45) is 0 Å². The molecule has 186 valence electrons. The van der Waals surface area contributed by atoms with Crippen LogP contribution in [0.2, 0.25) is 0 Å². The standard InChI is InChI=1S/C38H24N2/c1-3-11-31-25(9-1)21-27-15-17-29(35-13-5-7-19-39-35)23-33(27)37(31)38-32-12-4-2-10-26(32)22-28-16-18-30(24-34(28)38)36-14-6-8-20-40-36/h1-24H. The van der Waals surface area contributed by atoms with Gasteiger partial charge in [-0.1, -0.05) is 84.9 Å². The molecule has 2 aromatic heterocycles. The zero-order chi connectivity index (χ0) is 26.5. The first-order valence-electron chi connectivity index (χ1n) is 13.6. The number of nitrogens with zero attached hydrogens (tertiary/aromatic N) is 2. The molecule has 0 saturated heterocycles. The SMILES string of the molecule is c1ccc(-c2ccc3cc4ccccc4c(-c4c5ccccc5cc5ccc(-c6ccccn6)cc45)c3c2)nc1. The number of hydrogen-bond donors (Lipinski definition) is 0. The van der Waals surface area contributed by atoms with Crippen molar-refractivity contribution in [3.05, 3.63) is 146 Å². The average Bonchev–Trinajstić information content (AvgIpc) is 3.03. The van der Waals surface area contributed by atoms with Gasteiger partial charge in [0.2, 0.25) is 0 Å². The molecule has 2 heteroatoms. The van der Waals surface area contributed by atoms with Crippen molar-refractivity contribution in [3.8, 4) is 33.6 Å². The third kappa shape index (κ3) is 3.65. The van der Waals surface area contributed by atoms with Gasteiger partial charge in [-0.3, -0.25) is 9.97 Å². The Hall–Kier alpha value is -5.34. The van der Waals surface area contributed by atoms with E-state index in [0.717, 1.165) is 22.5 Å². The molecule has 0 saturated carbocycles. The Kier molecular flexibility index (Phi) is 5.17. The second-order valence-corrected chi connectivity index (χ2v) is 10.2. The minimum absolute atomic E-state index is 0.976. The second-order valence-electron chi connectivity index (χ2n) is 10.2. The molecule has 0 unspecified atom stereocenters. The summed E-state index contributed by atoms with van der Waals surface area (Å²) in [6, 6.07) is 47.8. The van der Waals surface area contributed by atoms with Crippen LogP contribution in [0.25, 0.3) is 76.7 Å². The Morgan fingerprint density at radius 2 is 0.750 bits per heavy atom. The van der Waals surface area contributed by atoms with Gasteiger partial charge < -0.3 is 0 Å². The first-order chi connectivity index (χ1) is 19.8. The monoisotopic (exact) mass is 508 g/mol. The van der Waals surface area contributed by atoms with E-state index in [-0.39, 0.29) is 0 Å². The van der Waals surface area contributed by atoms with Gasteiger partial charge in [0.25, 0.3) is 0 Å². The van der Waals surface area contributed by atoms with Gasteiger partial charge in [0.15, 0.2) is 0 Å². The summed E-state index contributed by atoms with van der Waals surface area (Å²) in [4.78, 5) is 9.32. The van der Waals surface area contributed by atoms with E-state index >= 15 is 0 Å². The van der Waals surface area contributed by atoms with Crippen molar-refractivity contribution >= 4 is 43.1 Å². The van der Waals surface area contributed by atoms with Crippen LogP contribution in [0.15, 0.2) is 146 Å². The van der Waals surface area contributed by atoms with Gasteiger partial charge >= 0.3 is 0 Å². The van der Waals surface area contributed by atoms with Crippen LogP contribution in [0.1, 0.15) is 0 Å². The lowest BCUT2D eigenvalue weighted by Crippen LogP contribution is -1.92. The molecule has 2 nitrogen and oxygen atoms in total. The zero-order valence-corrected chi connectivity index (χ0v) is 21.8. The Morgan fingerprint density at radius 3 is 1.20 bits per heavy atom. The molecule has 0 radical (unpaired) electrons. The third-order valence-electron chi connectivity index (χ3n) is 7.90. The molecule has 0 amide bonds. The lowest BCUT2D eigenvalue weighted by Gasteiger charge is -2.18. The van der Waals surface area contributed by atoms with Crippen molar-refractivity contribution < 1.29 is 0 Å². The molecule has 2 heterocycles. The molecular weight excluding hydrogens is 484 g/mol. The highest BCUT2D eigenvalue weighted by Crippen LogP contribution is 2.45.